The van der Waals surface area contributed by atoms with Crippen LogP contribution in [0.15, 0.2) is 23.6 Å². The molecule has 0 saturated carbocycles. The molecule has 0 aliphatic heterocycles. The molecule has 1 amide bonds. The molecular weight excluding hydrogens is 326 g/mol. The molecule has 1 aromatic carbocycles. The number of carbonyl (C=O) groups excluding carboxylic acids is 1. The quantitative estimate of drug-likeness (QED) is 0.747. The molecular formula is C14H16ClN3O3S. The summed E-state index contributed by atoms with van der Waals surface area (Å²) >= 11 is 7.38. The maximum Gasteiger partial charge on any atom is 0.228 e. The zero-order valence-corrected chi connectivity index (χ0v) is 13.4. The topological polar surface area (TPSA) is 97.5 Å². The second-order valence-corrected chi connectivity index (χ2v) is 5.79. The standard InChI is InChI=1S/C14H16ClN3O3S/c1-21-12-3-2-8(4-10(12)15)11-7-22-14(17-11)18-13(20)5-9(19)6-16/h2-4,7,9,19H,5-6,16H2,1H3,(H,17,18,20). The lowest BCUT2D eigenvalue weighted by Crippen LogP contribution is -2.26. The summed E-state index contributed by atoms with van der Waals surface area (Å²) in [6.45, 7) is 0.0425. The molecule has 1 aromatic heterocycles. The van der Waals surface area contributed by atoms with Crippen LogP contribution in [0.25, 0.3) is 11.3 Å². The van der Waals surface area contributed by atoms with Gasteiger partial charge in [-0.05, 0) is 18.2 Å². The Hall–Kier alpha value is -1.67. The zero-order chi connectivity index (χ0) is 16.1. The highest BCUT2D eigenvalue weighted by Crippen LogP contribution is 2.31. The van der Waals surface area contributed by atoms with E-state index < -0.39 is 6.10 Å². The highest BCUT2D eigenvalue weighted by molar-refractivity contribution is 7.14. The van der Waals surface area contributed by atoms with E-state index in [0.29, 0.717) is 21.6 Å². The first-order chi connectivity index (χ1) is 10.5. The smallest absolute Gasteiger partial charge is 0.228 e. The zero-order valence-electron chi connectivity index (χ0n) is 11.9. The van der Waals surface area contributed by atoms with E-state index in [0.717, 1.165) is 5.56 Å². The Balaban J connectivity index is 2.08. The number of nitrogens with two attached hydrogens (primary N) is 1. The Kier molecular flexibility index (Phi) is 5.73. The summed E-state index contributed by atoms with van der Waals surface area (Å²) in [7, 11) is 1.55. The van der Waals surface area contributed by atoms with Crippen molar-refractivity contribution in [3.05, 3.63) is 28.6 Å². The number of hydrogen-bond acceptors (Lipinski definition) is 6. The van der Waals surface area contributed by atoms with E-state index in [9.17, 15) is 9.90 Å². The molecule has 1 heterocycles. The summed E-state index contributed by atoms with van der Waals surface area (Å²) in [6.07, 6.45) is -0.903. The first-order valence-corrected chi connectivity index (χ1v) is 7.76. The van der Waals surface area contributed by atoms with Gasteiger partial charge in [0.1, 0.15) is 5.75 Å². The fraction of sp³-hybridized carbons (Fsp3) is 0.286. The lowest BCUT2D eigenvalue weighted by atomic mass is 10.2. The van der Waals surface area contributed by atoms with Crippen LogP contribution in [0.1, 0.15) is 6.42 Å². The van der Waals surface area contributed by atoms with Gasteiger partial charge in [-0.1, -0.05) is 11.6 Å². The van der Waals surface area contributed by atoms with Crippen LogP contribution in [0, 0.1) is 0 Å². The maximum atomic E-state index is 11.7. The number of methoxy groups -OCH3 is 1. The number of nitrogens with one attached hydrogen (secondary N) is 1. The summed E-state index contributed by atoms with van der Waals surface area (Å²) in [5.41, 5.74) is 6.79. The van der Waals surface area contributed by atoms with E-state index in [4.69, 9.17) is 22.1 Å². The van der Waals surface area contributed by atoms with Crippen LogP contribution >= 0.6 is 22.9 Å². The Bertz CT molecular complexity index is 663. The van der Waals surface area contributed by atoms with Crippen molar-refractivity contribution in [1.82, 2.24) is 4.98 Å². The normalized spacial score (nSPS) is 12.0. The van der Waals surface area contributed by atoms with E-state index in [1.165, 1.54) is 11.3 Å². The second-order valence-electron chi connectivity index (χ2n) is 4.53. The summed E-state index contributed by atoms with van der Waals surface area (Å²) in [4.78, 5) is 16.0. The number of aromatic nitrogens is 1. The highest BCUT2D eigenvalue weighted by atomic mass is 35.5. The van der Waals surface area contributed by atoms with Gasteiger partial charge in [0.05, 0.1) is 30.4 Å². The summed E-state index contributed by atoms with van der Waals surface area (Å²) in [5, 5.41) is 14.7. The average Bonchev–Trinajstić information content (AvgIpc) is 2.95. The van der Waals surface area contributed by atoms with Crippen molar-refractivity contribution in [3.8, 4) is 17.0 Å². The molecule has 8 heteroatoms. The molecule has 1 unspecified atom stereocenters. The third-order valence-corrected chi connectivity index (χ3v) is 3.94. The van der Waals surface area contributed by atoms with Gasteiger partial charge in [-0.25, -0.2) is 4.98 Å². The molecule has 0 radical (unpaired) electrons. The number of anilines is 1. The van der Waals surface area contributed by atoms with Gasteiger partial charge in [0.15, 0.2) is 5.13 Å². The monoisotopic (exact) mass is 341 g/mol. The minimum Gasteiger partial charge on any atom is -0.495 e. The third-order valence-electron chi connectivity index (χ3n) is 2.89. The summed E-state index contributed by atoms with van der Waals surface area (Å²) < 4.78 is 5.10. The molecule has 118 valence electrons. The number of nitrogens with zero attached hydrogens (tertiary/aromatic N) is 1. The van der Waals surface area contributed by atoms with Crippen molar-refractivity contribution in [2.75, 3.05) is 19.0 Å². The van der Waals surface area contributed by atoms with E-state index in [1.807, 2.05) is 11.4 Å². The van der Waals surface area contributed by atoms with Crippen LogP contribution in [0.4, 0.5) is 5.13 Å². The number of aliphatic hydroxyl groups is 1. The van der Waals surface area contributed by atoms with Gasteiger partial charge >= 0.3 is 0 Å². The first kappa shape index (κ1) is 16.7. The highest BCUT2D eigenvalue weighted by Gasteiger charge is 2.12. The second kappa shape index (κ2) is 7.55. The number of rotatable bonds is 6. The lowest BCUT2D eigenvalue weighted by Gasteiger charge is -2.06. The Morgan fingerprint density at radius 2 is 2.36 bits per heavy atom. The molecule has 0 aliphatic rings. The number of hydrogen-bond donors (Lipinski definition) is 3. The van der Waals surface area contributed by atoms with Crippen molar-refractivity contribution in [3.63, 3.8) is 0 Å². The van der Waals surface area contributed by atoms with E-state index in [2.05, 4.69) is 10.3 Å². The lowest BCUT2D eigenvalue weighted by molar-refractivity contribution is -0.117. The van der Waals surface area contributed by atoms with Crippen LogP contribution in [0.3, 0.4) is 0 Å². The van der Waals surface area contributed by atoms with Gasteiger partial charge in [0, 0.05) is 17.5 Å². The summed E-state index contributed by atoms with van der Waals surface area (Å²) in [6, 6.07) is 5.34. The van der Waals surface area contributed by atoms with Crippen LogP contribution < -0.4 is 15.8 Å². The molecule has 1 atom stereocenters. The molecule has 0 fully saturated rings. The van der Waals surface area contributed by atoms with E-state index in [1.54, 1.807) is 19.2 Å². The molecule has 22 heavy (non-hydrogen) atoms. The minimum atomic E-state index is -0.847. The van der Waals surface area contributed by atoms with Crippen molar-refractivity contribution in [1.29, 1.82) is 0 Å². The fourth-order valence-electron chi connectivity index (χ4n) is 1.76. The molecule has 0 spiro atoms. The number of benzene rings is 1. The molecule has 2 aromatic rings. The molecule has 0 bridgehead atoms. The molecule has 2 rings (SSSR count). The third kappa shape index (κ3) is 4.17. The van der Waals surface area contributed by atoms with Gasteiger partial charge in [0.2, 0.25) is 5.91 Å². The van der Waals surface area contributed by atoms with Crippen LogP contribution in [-0.4, -0.2) is 35.8 Å². The Morgan fingerprint density at radius 3 is 3.00 bits per heavy atom. The predicted octanol–water partition coefficient (Wildman–Crippen LogP) is 2.12. The fourth-order valence-corrected chi connectivity index (χ4v) is 2.75. The van der Waals surface area contributed by atoms with Crippen molar-refractivity contribution in [2.24, 2.45) is 5.73 Å². The molecule has 4 N–H and O–H groups in total. The Labute approximate surface area is 136 Å². The molecule has 0 aliphatic carbocycles. The molecule has 0 saturated heterocycles. The van der Waals surface area contributed by atoms with Crippen molar-refractivity contribution in [2.45, 2.75) is 12.5 Å². The van der Waals surface area contributed by atoms with Crippen molar-refractivity contribution < 1.29 is 14.6 Å². The Morgan fingerprint density at radius 1 is 1.59 bits per heavy atom. The number of carbonyl (C=O) groups is 1. The van der Waals surface area contributed by atoms with E-state index >= 15 is 0 Å². The predicted molar refractivity (Wildman–Crippen MR) is 87.4 cm³/mol. The number of aliphatic hydroxyl groups excluding tert-OH is 1. The van der Waals surface area contributed by atoms with Gasteiger partial charge in [0.25, 0.3) is 0 Å². The van der Waals surface area contributed by atoms with Gasteiger partial charge in [-0.15, -0.1) is 11.3 Å². The van der Waals surface area contributed by atoms with Crippen molar-refractivity contribution >= 4 is 34.0 Å². The largest absolute Gasteiger partial charge is 0.495 e. The molecule has 6 nitrogen and oxygen atoms in total. The average molecular weight is 342 g/mol. The first-order valence-electron chi connectivity index (χ1n) is 6.51. The SMILES string of the molecule is COc1ccc(-c2csc(NC(=O)CC(O)CN)n2)cc1Cl. The van der Waals surface area contributed by atoms with Gasteiger partial charge < -0.3 is 20.9 Å². The number of amides is 1. The van der Waals surface area contributed by atoms with E-state index in [-0.39, 0.29) is 18.9 Å². The van der Waals surface area contributed by atoms with Gasteiger partial charge in [-0.2, -0.15) is 0 Å². The van der Waals surface area contributed by atoms with Crippen LogP contribution in [-0.2, 0) is 4.79 Å². The summed E-state index contributed by atoms with van der Waals surface area (Å²) in [5.74, 6) is 0.261. The number of ether oxygens (including phenoxy) is 1. The number of thiazole rings is 1. The maximum absolute atomic E-state index is 11.7. The van der Waals surface area contributed by atoms with Crippen LogP contribution in [0.2, 0.25) is 5.02 Å². The minimum absolute atomic E-state index is 0.0425. The van der Waals surface area contributed by atoms with Gasteiger partial charge in [-0.3, -0.25) is 4.79 Å². The van der Waals surface area contributed by atoms with Crippen LogP contribution in [0.5, 0.6) is 5.75 Å². The number of halogens is 1.